The summed E-state index contributed by atoms with van der Waals surface area (Å²) in [4.78, 5) is 11.3. The summed E-state index contributed by atoms with van der Waals surface area (Å²) in [5.41, 5.74) is -1.06. The summed E-state index contributed by atoms with van der Waals surface area (Å²) in [7, 11) is 0. The minimum Gasteiger partial charge on any atom is -0.382 e. The van der Waals surface area contributed by atoms with Crippen molar-refractivity contribution >= 4 is 5.78 Å². The minimum atomic E-state index is -1.06. The van der Waals surface area contributed by atoms with Crippen molar-refractivity contribution in [1.29, 1.82) is 0 Å². The quantitative estimate of drug-likeness (QED) is 0.678. The van der Waals surface area contributed by atoms with Gasteiger partial charge in [-0.3, -0.25) is 4.79 Å². The van der Waals surface area contributed by atoms with Crippen molar-refractivity contribution in [3.05, 3.63) is 12.7 Å². The number of allylic oxidation sites excluding steroid dienone is 1. The van der Waals surface area contributed by atoms with Crippen LogP contribution in [0.2, 0.25) is 0 Å². The molecule has 1 N–H and O–H groups in total. The molecule has 0 radical (unpaired) electrons. The van der Waals surface area contributed by atoms with Crippen LogP contribution in [0.5, 0.6) is 0 Å². The van der Waals surface area contributed by atoms with E-state index in [1.54, 1.807) is 6.08 Å². The standard InChI is InChI=1S/C11H18O2/c1-3-6-10-7-4-5-8-11(10,13)9(2)12/h3,10,13H,1,4-8H2,2H3/t10-,11-/m0/s1. The van der Waals surface area contributed by atoms with Crippen molar-refractivity contribution in [2.24, 2.45) is 5.92 Å². The number of carbonyl (C=O) groups is 1. The predicted molar refractivity (Wildman–Crippen MR) is 52.4 cm³/mol. The molecule has 0 unspecified atom stereocenters. The smallest absolute Gasteiger partial charge is 0.161 e. The lowest BCUT2D eigenvalue weighted by Crippen LogP contribution is -2.46. The first-order valence-corrected chi connectivity index (χ1v) is 4.95. The average Bonchev–Trinajstić information content (AvgIpc) is 2.09. The van der Waals surface area contributed by atoms with Crippen LogP contribution in [0, 0.1) is 5.92 Å². The van der Waals surface area contributed by atoms with Crippen LogP contribution in [0.1, 0.15) is 39.0 Å². The molecule has 1 aliphatic rings. The molecule has 1 fully saturated rings. The molecule has 0 aromatic rings. The summed E-state index contributed by atoms with van der Waals surface area (Å²) >= 11 is 0. The van der Waals surface area contributed by atoms with Gasteiger partial charge < -0.3 is 5.11 Å². The average molecular weight is 182 g/mol. The lowest BCUT2D eigenvalue weighted by Gasteiger charge is -2.37. The number of hydrogen-bond acceptors (Lipinski definition) is 2. The van der Waals surface area contributed by atoms with E-state index in [4.69, 9.17) is 0 Å². The van der Waals surface area contributed by atoms with Gasteiger partial charge in [0, 0.05) is 0 Å². The molecular weight excluding hydrogens is 164 g/mol. The number of aliphatic hydroxyl groups is 1. The molecule has 0 heterocycles. The fourth-order valence-electron chi connectivity index (χ4n) is 2.21. The van der Waals surface area contributed by atoms with E-state index in [0.717, 1.165) is 25.7 Å². The monoisotopic (exact) mass is 182 g/mol. The molecular formula is C11H18O2. The third-order valence-electron chi connectivity index (χ3n) is 3.10. The van der Waals surface area contributed by atoms with Crippen molar-refractivity contribution in [2.45, 2.75) is 44.6 Å². The Morgan fingerprint density at radius 1 is 1.69 bits per heavy atom. The number of hydrogen-bond donors (Lipinski definition) is 1. The van der Waals surface area contributed by atoms with Crippen molar-refractivity contribution in [2.75, 3.05) is 0 Å². The zero-order valence-electron chi connectivity index (χ0n) is 8.25. The van der Waals surface area contributed by atoms with Gasteiger partial charge in [-0.25, -0.2) is 0 Å². The highest BCUT2D eigenvalue weighted by Crippen LogP contribution is 2.36. The summed E-state index contributed by atoms with van der Waals surface area (Å²) in [6.45, 7) is 5.14. The first-order valence-electron chi connectivity index (χ1n) is 4.95. The molecule has 1 aliphatic carbocycles. The molecule has 0 aromatic carbocycles. The number of carbonyl (C=O) groups excluding carboxylic acids is 1. The molecule has 0 aliphatic heterocycles. The molecule has 0 bridgehead atoms. The van der Waals surface area contributed by atoms with E-state index >= 15 is 0 Å². The molecule has 1 rings (SSSR count). The fourth-order valence-corrected chi connectivity index (χ4v) is 2.21. The molecule has 2 heteroatoms. The summed E-state index contributed by atoms with van der Waals surface area (Å²) in [5, 5.41) is 10.1. The summed E-state index contributed by atoms with van der Waals surface area (Å²) in [6, 6.07) is 0. The highest BCUT2D eigenvalue weighted by Gasteiger charge is 2.41. The van der Waals surface area contributed by atoms with E-state index in [2.05, 4.69) is 6.58 Å². The van der Waals surface area contributed by atoms with Gasteiger partial charge in [0.05, 0.1) is 0 Å². The van der Waals surface area contributed by atoms with Gasteiger partial charge in [0.1, 0.15) is 5.60 Å². The van der Waals surface area contributed by atoms with Crippen molar-refractivity contribution in [3.8, 4) is 0 Å². The second-order valence-electron chi connectivity index (χ2n) is 3.95. The van der Waals surface area contributed by atoms with Gasteiger partial charge in [-0.05, 0) is 32.1 Å². The van der Waals surface area contributed by atoms with Gasteiger partial charge in [-0.1, -0.05) is 18.9 Å². The zero-order valence-corrected chi connectivity index (χ0v) is 8.25. The maximum Gasteiger partial charge on any atom is 0.161 e. The molecule has 0 amide bonds. The molecule has 13 heavy (non-hydrogen) atoms. The maximum atomic E-state index is 11.3. The third kappa shape index (κ3) is 1.99. The second kappa shape index (κ2) is 4.05. The van der Waals surface area contributed by atoms with Crippen LogP contribution in [0.15, 0.2) is 12.7 Å². The molecule has 1 saturated carbocycles. The van der Waals surface area contributed by atoms with Gasteiger partial charge in [-0.2, -0.15) is 0 Å². The highest BCUT2D eigenvalue weighted by atomic mass is 16.3. The number of ketones is 1. The van der Waals surface area contributed by atoms with Crippen molar-refractivity contribution in [3.63, 3.8) is 0 Å². The Morgan fingerprint density at radius 3 is 2.92 bits per heavy atom. The van der Waals surface area contributed by atoms with Gasteiger partial charge >= 0.3 is 0 Å². The van der Waals surface area contributed by atoms with E-state index in [0.29, 0.717) is 6.42 Å². The van der Waals surface area contributed by atoms with Gasteiger partial charge in [0.2, 0.25) is 0 Å². The van der Waals surface area contributed by atoms with Crippen LogP contribution in [0.4, 0.5) is 0 Å². The van der Waals surface area contributed by atoms with E-state index in [1.807, 2.05) is 0 Å². The second-order valence-corrected chi connectivity index (χ2v) is 3.95. The summed E-state index contributed by atoms with van der Waals surface area (Å²) in [6.07, 6.45) is 6.20. The first-order chi connectivity index (χ1) is 6.11. The Bertz CT molecular complexity index is 210. The van der Waals surface area contributed by atoms with Gasteiger partial charge in [0.25, 0.3) is 0 Å². The van der Waals surface area contributed by atoms with Crippen molar-refractivity contribution < 1.29 is 9.90 Å². The predicted octanol–water partition coefficient (Wildman–Crippen LogP) is 2.07. The number of rotatable bonds is 3. The van der Waals surface area contributed by atoms with Crippen LogP contribution in [-0.4, -0.2) is 16.5 Å². The Kier molecular flexibility index (Phi) is 3.26. The summed E-state index contributed by atoms with van der Waals surface area (Å²) < 4.78 is 0. The van der Waals surface area contributed by atoms with Crippen LogP contribution in [0.25, 0.3) is 0 Å². The topological polar surface area (TPSA) is 37.3 Å². The van der Waals surface area contributed by atoms with E-state index in [-0.39, 0.29) is 11.7 Å². The van der Waals surface area contributed by atoms with Crippen molar-refractivity contribution in [1.82, 2.24) is 0 Å². The van der Waals surface area contributed by atoms with E-state index < -0.39 is 5.60 Å². The Hall–Kier alpha value is -0.630. The van der Waals surface area contributed by atoms with Gasteiger partial charge in [0.15, 0.2) is 5.78 Å². The normalized spacial score (nSPS) is 34.2. The maximum absolute atomic E-state index is 11.3. The lowest BCUT2D eigenvalue weighted by atomic mass is 9.72. The molecule has 2 nitrogen and oxygen atoms in total. The first kappa shape index (κ1) is 10.5. The molecule has 0 saturated heterocycles. The molecule has 74 valence electrons. The minimum absolute atomic E-state index is 0.0842. The number of Topliss-reactive ketones (excluding diaryl/α,β-unsaturated/α-hetero) is 1. The lowest BCUT2D eigenvalue weighted by molar-refractivity contribution is -0.145. The van der Waals surface area contributed by atoms with Crippen LogP contribution in [-0.2, 0) is 4.79 Å². The third-order valence-corrected chi connectivity index (χ3v) is 3.10. The largest absolute Gasteiger partial charge is 0.382 e. The zero-order chi connectivity index (χ0) is 9.90. The Labute approximate surface area is 79.6 Å². The van der Waals surface area contributed by atoms with Crippen LogP contribution >= 0.6 is 0 Å². The molecule has 0 spiro atoms. The van der Waals surface area contributed by atoms with Gasteiger partial charge in [-0.15, -0.1) is 6.58 Å². The van der Waals surface area contributed by atoms with Crippen LogP contribution in [0.3, 0.4) is 0 Å². The molecule has 2 atom stereocenters. The molecule has 0 aromatic heterocycles. The SMILES string of the molecule is C=CC[C@H]1CCCC[C@]1(O)C(C)=O. The highest BCUT2D eigenvalue weighted by molar-refractivity contribution is 5.85. The van der Waals surface area contributed by atoms with E-state index in [9.17, 15) is 9.90 Å². The van der Waals surface area contributed by atoms with E-state index in [1.165, 1.54) is 6.92 Å². The fraction of sp³-hybridized carbons (Fsp3) is 0.727. The summed E-state index contributed by atoms with van der Waals surface area (Å²) in [5.74, 6) is 0.00954. The Morgan fingerprint density at radius 2 is 2.38 bits per heavy atom. The Balaban J connectivity index is 2.76. The van der Waals surface area contributed by atoms with Crippen LogP contribution < -0.4 is 0 Å².